The first-order valence-corrected chi connectivity index (χ1v) is 4.37. The summed E-state index contributed by atoms with van der Waals surface area (Å²) in [4.78, 5) is 11.0. The standard InChI is InChI=1S/C9H14FN3O/c1-13-5-6(3-2-4-10)7(11)8(13)9(12)14/h5H,2-4,11H2,1H3,(H2,12,14). The van der Waals surface area contributed by atoms with E-state index in [4.69, 9.17) is 11.5 Å². The molecule has 0 radical (unpaired) electrons. The fourth-order valence-electron chi connectivity index (χ4n) is 1.47. The van der Waals surface area contributed by atoms with Gasteiger partial charge in [0.05, 0.1) is 12.4 Å². The van der Waals surface area contributed by atoms with Gasteiger partial charge in [0.15, 0.2) is 0 Å². The quantitative estimate of drug-likeness (QED) is 0.745. The van der Waals surface area contributed by atoms with Crippen LogP contribution in [0.15, 0.2) is 6.20 Å². The Morgan fingerprint density at radius 2 is 2.29 bits per heavy atom. The third-order valence-corrected chi connectivity index (χ3v) is 2.12. The van der Waals surface area contributed by atoms with Crippen molar-refractivity contribution < 1.29 is 9.18 Å². The highest BCUT2D eigenvalue weighted by Gasteiger charge is 2.14. The summed E-state index contributed by atoms with van der Waals surface area (Å²) in [5, 5.41) is 0. The number of amides is 1. The lowest BCUT2D eigenvalue weighted by Gasteiger charge is -1.99. The van der Waals surface area contributed by atoms with Crippen LogP contribution >= 0.6 is 0 Å². The highest BCUT2D eigenvalue weighted by molar-refractivity contribution is 5.97. The largest absolute Gasteiger partial charge is 0.397 e. The number of aryl methyl sites for hydroxylation is 2. The van der Waals surface area contributed by atoms with E-state index in [1.54, 1.807) is 17.8 Å². The van der Waals surface area contributed by atoms with Crippen molar-refractivity contribution >= 4 is 11.6 Å². The van der Waals surface area contributed by atoms with Gasteiger partial charge in [-0.1, -0.05) is 0 Å². The monoisotopic (exact) mass is 199 g/mol. The second-order valence-corrected chi connectivity index (χ2v) is 3.18. The smallest absolute Gasteiger partial charge is 0.267 e. The van der Waals surface area contributed by atoms with Crippen molar-refractivity contribution in [2.45, 2.75) is 12.8 Å². The first kappa shape index (κ1) is 10.6. The molecule has 0 aromatic carbocycles. The molecule has 0 atom stereocenters. The molecule has 0 unspecified atom stereocenters. The first-order chi connectivity index (χ1) is 6.57. The van der Waals surface area contributed by atoms with Crippen LogP contribution in [-0.4, -0.2) is 17.1 Å². The lowest BCUT2D eigenvalue weighted by Crippen LogP contribution is -2.16. The van der Waals surface area contributed by atoms with E-state index in [1.807, 2.05) is 0 Å². The Kier molecular flexibility index (Phi) is 3.11. The number of hydrogen-bond acceptors (Lipinski definition) is 2. The maximum Gasteiger partial charge on any atom is 0.267 e. The molecule has 0 saturated heterocycles. The zero-order valence-corrected chi connectivity index (χ0v) is 8.09. The Balaban J connectivity index is 2.98. The predicted octanol–water partition coefficient (Wildman–Crippen LogP) is 0.608. The van der Waals surface area contributed by atoms with Crippen LogP contribution in [0.2, 0.25) is 0 Å². The van der Waals surface area contributed by atoms with Gasteiger partial charge in [-0.2, -0.15) is 0 Å². The van der Waals surface area contributed by atoms with Gasteiger partial charge in [0.2, 0.25) is 0 Å². The van der Waals surface area contributed by atoms with E-state index in [1.165, 1.54) is 0 Å². The number of rotatable bonds is 4. The lowest BCUT2D eigenvalue weighted by atomic mass is 10.1. The molecule has 78 valence electrons. The van der Waals surface area contributed by atoms with Crippen molar-refractivity contribution in [3.63, 3.8) is 0 Å². The maximum atomic E-state index is 11.9. The summed E-state index contributed by atoms with van der Waals surface area (Å²) in [6, 6.07) is 0. The number of primary amides is 1. The summed E-state index contributed by atoms with van der Waals surface area (Å²) in [5.74, 6) is -0.559. The van der Waals surface area contributed by atoms with Gasteiger partial charge in [-0.15, -0.1) is 0 Å². The molecule has 4 nitrogen and oxygen atoms in total. The molecule has 1 aromatic rings. The van der Waals surface area contributed by atoms with Gasteiger partial charge < -0.3 is 16.0 Å². The van der Waals surface area contributed by atoms with Crippen LogP contribution < -0.4 is 11.5 Å². The van der Waals surface area contributed by atoms with Crippen molar-refractivity contribution in [1.82, 2.24) is 4.57 Å². The number of halogens is 1. The van der Waals surface area contributed by atoms with E-state index in [9.17, 15) is 9.18 Å². The van der Waals surface area contributed by atoms with Gasteiger partial charge in [-0.25, -0.2) is 0 Å². The summed E-state index contributed by atoms with van der Waals surface area (Å²) in [6.45, 7) is -0.389. The van der Waals surface area contributed by atoms with Crippen LogP contribution in [-0.2, 0) is 13.5 Å². The van der Waals surface area contributed by atoms with E-state index in [0.717, 1.165) is 5.56 Å². The summed E-state index contributed by atoms with van der Waals surface area (Å²) < 4.78 is 13.5. The number of nitrogen functional groups attached to an aromatic ring is 1. The number of anilines is 1. The van der Waals surface area contributed by atoms with E-state index >= 15 is 0 Å². The summed E-state index contributed by atoms with van der Waals surface area (Å²) >= 11 is 0. The van der Waals surface area contributed by atoms with E-state index in [-0.39, 0.29) is 6.67 Å². The van der Waals surface area contributed by atoms with Crippen LogP contribution in [0.25, 0.3) is 0 Å². The van der Waals surface area contributed by atoms with Crippen molar-refractivity contribution in [3.05, 3.63) is 17.5 Å². The molecule has 0 bridgehead atoms. The van der Waals surface area contributed by atoms with Gasteiger partial charge in [-0.05, 0) is 18.4 Å². The van der Waals surface area contributed by atoms with Crippen LogP contribution in [0.1, 0.15) is 22.5 Å². The molecular formula is C9H14FN3O. The van der Waals surface area contributed by atoms with Crippen molar-refractivity contribution in [2.24, 2.45) is 12.8 Å². The summed E-state index contributed by atoms with van der Waals surface area (Å²) in [6.07, 6.45) is 2.65. The highest BCUT2D eigenvalue weighted by atomic mass is 19.1. The number of alkyl halides is 1. The van der Waals surface area contributed by atoms with Gasteiger partial charge in [-0.3, -0.25) is 9.18 Å². The maximum absolute atomic E-state index is 11.9. The number of aromatic nitrogens is 1. The number of carbonyl (C=O) groups is 1. The zero-order valence-electron chi connectivity index (χ0n) is 8.09. The normalized spacial score (nSPS) is 10.4. The summed E-state index contributed by atoms with van der Waals surface area (Å²) in [5.41, 5.74) is 12.3. The average molecular weight is 199 g/mol. The molecule has 0 aliphatic rings. The highest BCUT2D eigenvalue weighted by Crippen LogP contribution is 2.20. The fourth-order valence-corrected chi connectivity index (χ4v) is 1.47. The van der Waals surface area contributed by atoms with Crippen LogP contribution in [0.4, 0.5) is 10.1 Å². The molecule has 0 saturated carbocycles. The molecule has 4 N–H and O–H groups in total. The molecule has 5 heteroatoms. The van der Waals surface area contributed by atoms with Gasteiger partial charge >= 0.3 is 0 Å². The van der Waals surface area contributed by atoms with Crippen molar-refractivity contribution in [2.75, 3.05) is 12.4 Å². The molecule has 0 aliphatic carbocycles. The molecule has 1 amide bonds. The van der Waals surface area contributed by atoms with Crippen LogP contribution in [0.3, 0.4) is 0 Å². The minimum absolute atomic E-state index is 0.291. The minimum Gasteiger partial charge on any atom is -0.397 e. The third-order valence-electron chi connectivity index (χ3n) is 2.12. The molecular weight excluding hydrogens is 185 g/mol. The van der Waals surface area contributed by atoms with Gasteiger partial charge in [0.25, 0.3) is 5.91 Å². The number of nitrogens with two attached hydrogens (primary N) is 2. The number of nitrogens with zero attached hydrogens (tertiary/aromatic N) is 1. The number of hydrogen-bond donors (Lipinski definition) is 2. The minimum atomic E-state index is -0.559. The van der Waals surface area contributed by atoms with E-state index < -0.39 is 5.91 Å². The fraction of sp³-hybridized carbons (Fsp3) is 0.444. The molecule has 1 aromatic heterocycles. The molecule has 0 aliphatic heterocycles. The summed E-state index contributed by atoms with van der Waals surface area (Å²) in [7, 11) is 1.69. The SMILES string of the molecule is Cn1cc(CCCF)c(N)c1C(N)=O. The molecule has 0 spiro atoms. The Morgan fingerprint density at radius 3 is 2.71 bits per heavy atom. The van der Waals surface area contributed by atoms with Gasteiger partial charge in [0, 0.05) is 13.2 Å². The van der Waals surface area contributed by atoms with Crippen molar-refractivity contribution in [3.8, 4) is 0 Å². The third kappa shape index (κ3) is 1.86. The molecule has 1 rings (SSSR count). The van der Waals surface area contributed by atoms with Crippen LogP contribution in [0, 0.1) is 0 Å². The molecule has 1 heterocycles. The Hall–Kier alpha value is -1.52. The molecule has 0 fully saturated rings. The second kappa shape index (κ2) is 4.13. The van der Waals surface area contributed by atoms with Gasteiger partial charge in [0.1, 0.15) is 5.69 Å². The van der Waals surface area contributed by atoms with E-state index in [0.29, 0.717) is 24.2 Å². The average Bonchev–Trinajstić information content (AvgIpc) is 2.38. The Bertz CT molecular complexity index is 346. The van der Waals surface area contributed by atoms with E-state index in [2.05, 4.69) is 0 Å². The van der Waals surface area contributed by atoms with Crippen LogP contribution in [0.5, 0.6) is 0 Å². The first-order valence-electron chi connectivity index (χ1n) is 4.37. The Morgan fingerprint density at radius 1 is 1.64 bits per heavy atom. The zero-order chi connectivity index (χ0) is 10.7. The number of carbonyl (C=O) groups excluding carboxylic acids is 1. The lowest BCUT2D eigenvalue weighted by molar-refractivity contribution is 0.0993. The molecule has 14 heavy (non-hydrogen) atoms. The second-order valence-electron chi connectivity index (χ2n) is 3.18. The topological polar surface area (TPSA) is 74.0 Å². The van der Waals surface area contributed by atoms with Crippen molar-refractivity contribution in [1.29, 1.82) is 0 Å². The Labute approximate surface area is 81.7 Å². The predicted molar refractivity (Wildman–Crippen MR) is 52.6 cm³/mol.